The zero-order valence-electron chi connectivity index (χ0n) is 5.76. The minimum Gasteiger partial charge on any atom is -0.501 e. The van der Waals surface area contributed by atoms with E-state index in [1.807, 2.05) is 0 Å². The van der Waals surface area contributed by atoms with E-state index in [1.165, 1.54) is 0 Å². The maximum absolute atomic E-state index is 10.3. The average Bonchev–Trinajstić information content (AvgIpc) is 2.03. The van der Waals surface area contributed by atoms with Crippen molar-refractivity contribution in [1.29, 1.82) is 5.26 Å². The zero-order valence-corrected chi connectivity index (χ0v) is 5.76. The molecule has 0 fully saturated rings. The first-order chi connectivity index (χ1) is 5.66. The monoisotopic (exact) mass is 165 g/mol. The number of aromatic nitrogens is 1. The van der Waals surface area contributed by atoms with Crippen molar-refractivity contribution < 1.29 is 10.0 Å². The molecule has 1 aromatic heterocycles. The Bertz CT molecular complexity index is 369. The van der Waals surface area contributed by atoms with E-state index in [4.69, 9.17) is 10.4 Å². The van der Waals surface area contributed by atoms with Gasteiger partial charge in [-0.1, -0.05) is 0 Å². The Morgan fingerprint density at radius 3 is 2.75 bits per heavy atom. The largest absolute Gasteiger partial charge is 0.501 e. The van der Waals surface area contributed by atoms with Crippen LogP contribution in [0.4, 0.5) is 5.69 Å². The van der Waals surface area contributed by atoms with Gasteiger partial charge in [-0.25, -0.2) is 0 Å². The van der Waals surface area contributed by atoms with Gasteiger partial charge in [-0.2, -0.15) is 5.26 Å². The normalized spacial score (nSPS) is 8.92. The van der Waals surface area contributed by atoms with Crippen LogP contribution in [0.3, 0.4) is 0 Å². The molecule has 60 valence electrons. The molecule has 6 heteroatoms. The van der Waals surface area contributed by atoms with Gasteiger partial charge in [0.25, 0.3) is 0 Å². The lowest BCUT2D eigenvalue weighted by molar-refractivity contribution is -0.386. The van der Waals surface area contributed by atoms with Crippen LogP contribution in [0.1, 0.15) is 5.56 Å². The summed E-state index contributed by atoms with van der Waals surface area (Å²) < 4.78 is 0. The highest BCUT2D eigenvalue weighted by atomic mass is 16.6. The fourth-order valence-corrected chi connectivity index (χ4v) is 0.716. The smallest absolute Gasteiger partial charge is 0.331 e. The number of hydrogen-bond donors (Lipinski definition) is 1. The van der Waals surface area contributed by atoms with E-state index >= 15 is 0 Å². The van der Waals surface area contributed by atoms with Crippen LogP contribution >= 0.6 is 0 Å². The van der Waals surface area contributed by atoms with Crippen molar-refractivity contribution in [3.05, 3.63) is 28.1 Å². The van der Waals surface area contributed by atoms with E-state index in [0.717, 1.165) is 12.4 Å². The Morgan fingerprint density at radius 1 is 1.67 bits per heavy atom. The molecule has 0 unspecified atom stereocenters. The molecule has 0 saturated heterocycles. The number of pyridine rings is 1. The van der Waals surface area contributed by atoms with E-state index in [2.05, 4.69) is 4.98 Å². The average molecular weight is 165 g/mol. The van der Waals surface area contributed by atoms with E-state index in [-0.39, 0.29) is 5.56 Å². The molecule has 0 aliphatic carbocycles. The molecule has 12 heavy (non-hydrogen) atoms. The van der Waals surface area contributed by atoms with Gasteiger partial charge in [0.2, 0.25) is 5.75 Å². The molecular formula is C6H3N3O3. The van der Waals surface area contributed by atoms with E-state index in [0.29, 0.717) is 0 Å². The Labute approximate surface area is 66.9 Å². The van der Waals surface area contributed by atoms with Crippen molar-refractivity contribution in [2.45, 2.75) is 0 Å². The number of rotatable bonds is 1. The summed E-state index contributed by atoms with van der Waals surface area (Å²) in [6, 6.07) is 1.55. The lowest BCUT2D eigenvalue weighted by Gasteiger charge is -1.94. The second-order valence-electron chi connectivity index (χ2n) is 1.92. The lowest BCUT2D eigenvalue weighted by atomic mass is 10.2. The van der Waals surface area contributed by atoms with Gasteiger partial charge >= 0.3 is 5.69 Å². The number of nitro groups is 1. The van der Waals surface area contributed by atoms with Gasteiger partial charge in [-0.05, 0) is 0 Å². The summed E-state index contributed by atoms with van der Waals surface area (Å²) in [5, 5.41) is 27.6. The third kappa shape index (κ3) is 1.15. The predicted molar refractivity (Wildman–Crippen MR) is 37.3 cm³/mol. The topological polar surface area (TPSA) is 100 Å². The van der Waals surface area contributed by atoms with Crippen LogP contribution < -0.4 is 0 Å². The minimum absolute atomic E-state index is 0.250. The van der Waals surface area contributed by atoms with Gasteiger partial charge in [0.15, 0.2) is 5.56 Å². The van der Waals surface area contributed by atoms with Gasteiger partial charge in [-0.3, -0.25) is 15.1 Å². The van der Waals surface area contributed by atoms with Crippen LogP contribution in [-0.2, 0) is 0 Å². The van der Waals surface area contributed by atoms with Crippen LogP contribution in [0.2, 0.25) is 0 Å². The van der Waals surface area contributed by atoms with Crippen LogP contribution in [-0.4, -0.2) is 15.0 Å². The van der Waals surface area contributed by atoms with Crippen molar-refractivity contribution in [3.63, 3.8) is 0 Å². The molecule has 1 N–H and O–H groups in total. The first-order valence-electron chi connectivity index (χ1n) is 2.88. The molecule has 1 aromatic rings. The molecule has 0 radical (unpaired) electrons. The van der Waals surface area contributed by atoms with Gasteiger partial charge < -0.3 is 5.11 Å². The number of aromatic hydroxyl groups is 1. The fourth-order valence-electron chi connectivity index (χ4n) is 0.716. The molecule has 0 aliphatic rings. The van der Waals surface area contributed by atoms with Crippen molar-refractivity contribution in [3.8, 4) is 11.8 Å². The summed E-state index contributed by atoms with van der Waals surface area (Å²) in [7, 11) is 0. The van der Waals surface area contributed by atoms with E-state index in [9.17, 15) is 10.1 Å². The second kappa shape index (κ2) is 2.84. The molecule has 0 bridgehead atoms. The molecule has 0 aliphatic heterocycles. The summed E-state index contributed by atoms with van der Waals surface area (Å²) in [5.74, 6) is -0.598. The Kier molecular flexibility index (Phi) is 1.88. The van der Waals surface area contributed by atoms with E-state index < -0.39 is 16.4 Å². The summed E-state index contributed by atoms with van der Waals surface area (Å²) in [6.45, 7) is 0. The van der Waals surface area contributed by atoms with Crippen LogP contribution in [0, 0.1) is 21.4 Å². The van der Waals surface area contributed by atoms with Crippen molar-refractivity contribution >= 4 is 5.69 Å². The SMILES string of the molecule is N#Cc1cncc(O)c1[N+](=O)[O-]. The third-order valence-corrected chi connectivity index (χ3v) is 1.20. The molecule has 0 aromatic carbocycles. The lowest BCUT2D eigenvalue weighted by Crippen LogP contribution is -1.93. The highest BCUT2D eigenvalue weighted by Crippen LogP contribution is 2.26. The Hall–Kier alpha value is -2.16. The molecule has 0 spiro atoms. The van der Waals surface area contributed by atoms with Crippen LogP contribution in [0.25, 0.3) is 0 Å². The maximum atomic E-state index is 10.3. The van der Waals surface area contributed by atoms with Crippen molar-refractivity contribution in [2.24, 2.45) is 0 Å². The quantitative estimate of drug-likeness (QED) is 0.484. The first-order valence-corrected chi connectivity index (χ1v) is 2.88. The number of nitrogens with zero attached hydrogens (tertiary/aromatic N) is 3. The standard InChI is InChI=1S/C6H3N3O3/c7-1-4-2-8-3-5(10)6(4)9(11)12/h2-3,10H. The summed E-state index contributed by atoms with van der Waals surface area (Å²) in [5.41, 5.74) is -0.854. The number of hydrogen-bond acceptors (Lipinski definition) is 5. The third-order valence-electron chi connectivity index (χ3n) is 1.20. The highest BCUT2D eigenvalue weighted by molar-refractivity contribution is 5.55. The van der Waals surface area contributed by atoms with Gasteiger partial charge in [0.1, 0.15) is 6.07 Å². The second-order valence-corrected chi connectivity index (χ2v) is 1.92. The highest BCUT2D eigenvalue weighted by Gasteiger charge is 2.19. The number of nitriles is 1. The minimum atomic E-state index is -0.824. The molecule has 0 amide bonds. The Balaban J connectivity index is 3.42. The molecule has 0 saturated carbocycles. The first kappa shape index (κ1) is 7.94. The van der Waals surface area contributed by atoms with Gasteiger partial charge in [-0.15, -0.1) is 0 Å². The summed E-state index contributed by atoms with van der Waals surface area (Å²) >= 11 is 0. The van der Waals surface area contributed by atoms with Gasteiger partial charge in [0, 0.05) is 0 Å². The van der Waals surface area contributed by atoms with Crippen LogP contribution in [0.5, 0.6) is 5.75 Å². The molecule has 6 nitrogen and oxygen atoms in total. The molecule has 1 rings (SSSR count). The molecular weight excluding hydrogens is 162 g/mol. The van der Waals surface area contributed by atoms with Crippen molar-refractivity contribution in [2.75, 3.05) is 0 Å². The van der Waals surface area contributed by atoms with Crippen molar-refractivity contribution in [1.82, 2.24) is 4.98 Å². The summed E-state index contributed by atoms with van der Waals surface area (Å²) in [4.78, 5) is 12.9. The Morgan fingerprint density at radius 2 is 2.33 bits per heavy atom. The fraction of sp³-hybridized carbons (Fsp3) is 0. The van der Waals surface area contributed by atoms with Crippen LogP contribution in [0.15, 0.2) is 12.4 Å². The van der Waals surface area contributed by atoms with Gasteiger partial charge in [0.05, 0.1) is 17.3 Å². The van der Waals surface area contributed by atoms with E-state index in [1.54, 1.807) is 6.07 Å². The molecule has 0 atom stereocenters. The molecule has 1 heterocycles. The zero-order chi connectivity index (χ0) is 9.14. The maximum Gasteiger partial charge on any atom is 0.331 e. The summed E-state index contributed by atoms with van der Waals surface area (Å²) in [6.07, 6.45) is 1.94. The predicted octanol–water partition coefficient (Wildman–Crippen LogP) is 0.567.